The van der Waals surface area contributed by atoms with Gasteiger partial charge in [0.2, 0.25) is 5.06 Å². The molecule has 0 aliphatic rings. The van der Waals surface area contributed by atoms with Crippen molar-refractivity contribution >= 4 is 39.8 Å². The highest BCUT2D eigenvalue weighted by atomic mass is 35.5. The maximum Gasteiger partial charge on any atom is 0.327 e. The van der Waals surface area contributed by atoms with E-state index in [9.17, 15) is 9.18 Å². The van der Waals surface area contributed by atoms with Gasteiger partial charge >= 0.3 is 6.03 Å². The molecule has 2 aromatic carbocycles. The van der Waals surface area contributed by atoms with Gasteiger partial charge in [-0.3, -0.25) is 10.2 Å². The first-order valence-electron chi connectivity index (χ1n) is 7.21. The van der Waals surface area contributed by atoms with Crippen LogP contribution in [0.1, 0.15) is 0 Å². The molecule has 8 heteroatoms. The average Bonchev–Trinajstić information content (AvgIpc) is 3.01. The molecular weight excluding hydrogens is 365 g/mol. The van der Waals surface area contributed by atoms with E-state index in [1.807, 2.05) is 0 Å². The van der Waals surface area contributed by atoms with E-state index < -0.39 is 11.8 Å². The first kappa shape index (κ1) is 17.2. The normalized spacial score (nSPS) is 10.4. The van der Waals surface area contributed by atoms with Gasteiger partial charge in [0, 0.05) is 17.8 Å². The van der Waals surface area contributed by atoms with Crippen molar-refractivity contribution in [3.8, 4) is 10.8 Å². The Kier molecular flexibility index (Phi) is 5.16. The Morgan fingerprint density at radius 1 is 1.28 bits per heavy atom. The van der Waals surface area contributed by atoms with Crippen LogP contribution >= 0.6 is 22.9 Å². The van der Waals surface area contributed by atoms with Crippen LogP contribution in [-0.4, -0.2) is 18.1 Å². The third kappa shape index (κ3) is 4.46. The number of anilines is 2. The van der Waals surface area contributed by atoms with Crippen molar-refractivity contribution in [2.45, 2.75) is 0 Å². The highest BCUT2D eigenvalue weighted by Crippen LogP contribution is 2.31. The van der Waals surface area contributed by atoms with Gasteiger partial charge < -0.3 is 4.74 Å². The number of ether oxygens (including phenoxy) is 1. The molecule has 0 bridgehead atoms. The zero-order valence-electron chi connectivity index (χ0n) is 13.1. The molecule has 0 saturated carbocycles. The van der Waals surface area contributed by atoms with Gasteiger partial charge in [0.05, 0.1) is 6.20 Å². The number of carbonyl (C=O) groups excluding carboxylic acids is 1. The average molecular weight is 378 g/mol. The molecule has 0 radical (unpaired) electrons. The van der Waals surface area contributed by atoms with Crippen molar-refractivity contribution in [3.63, 3.8) is 0 Å². The molecule has 1 N–H and O–H groups in total. The second kappa shape index (κ2) is 7.50. The quantitative estimate of drug-likeness (QED) is 0.662. The fourth-order valence-corrected chi connectivity index (χ4v) is 2.85. The van der Waals surface area contributed by atoms with Gasteiger partial charge in [-0.05, 0) is 36.4 Å². The van der Waals surface area contributed by atoms with Crippen LogP contribution in [0.25, 0.3) is 0 Å². The second-order valence-corrected chi connectivity index (χ2v) is 6.44. The molecule has 0 aliphatic heterocycles. The Morgan fingerprint density at radius 2 is 2.08 bits per heavy atom. The largest absolute Gasteiger partial charge is 0.445 e. The van der Waals surface area contributed by atoms with Gasteiger partial charge in [0.15, 0.2) is 5.13 Å². The second-order valence-electron chi connectivity index (χ2n) is 5.01. The lowest BCUT2D eigenvalue weighted by Crippen LogP contribution is -2.31. The maximum absolute atomic E-state index is 13.3. The molecule has 2 amide bonds. The van der Waals surface area contributed by atoms with E-state index in [-0.39, 0.29) is 0 Å². The molecule has 0 spiro atoms. The third-order valence-corrected chi connectivity index (χ3v) is 4.24. The van der Waals surface area contributed by atoms with Gasteiger partial charge in [0.1, 0.15) is 11.6 Å². The number of halogens is 2. The number of benzene rings is 2. The van der Waals surface area contributed by atoms with E-state index in [4.69, 9.17) is 16.3 Å². The summed E-state index contributed by atoms with van der Waals surface area (Å²) in [6.45, 7) is 0. The molecule has 128 valence electrons. The summed E-state index contributed by atoms with van der Waals surface area (Å²) in [7, 11) is 1.54. The Balaban J connectivity index is 1.65. The minimum absolute atomic E-state index is 0.366. The molecule has 3 rings (SSSR count). The van der Waals surface area contributed by atoms with Crippen molar-refractivity contribution in [1.29, 1.82) is 0 Å². The first-order valence-corrected chi connectivity index (χ1v) is 8.40. The smallest absolute Gasteiger partial charge is 0.327 e. The number of hydrogen-bond acceptors (Lipinski definition) is 4. The highest BCUT2D eigenvalue weighted by molar-refractivity contribution is 7.17. The molecule has 5 nitrogen and oxygen atoms in total. The zero-order chi connectivity index (χ0) is 17.8. The van der Waals surface area contributed by atoms with Gasteiger partial charge in [-0.1, -0.05) is 35.1 Å². The minimum Gasteiger partial charge on any atom is -0.445 e. The molecule has 0 aliphatic carbocycles. The van der Waals surface area contributed by atoms with E-state index in [1.165, 1.54) is 40.6 Å². The summed E-state index contributed by atoms with van der Waals surface area (Å²) in [5, 5.41) is 4.08. The number of rotatable bonds is 4. The van der Waals surface area contributed by atoms with Crippen molar-refractivity contribution in [2.75, 3.05) is 17.3 Å². The number of carbonyl (C=O) groups is 1. The lowest BCUT2D eigenvalue weighted by molar-refractivity contribution is 0.258. The van der Waals surface area contributed by atoms with E-state index in [1.54, 1.807) is 37.4 Å². The predicted octanol–water partition coefficient (Wildman–Crippen LogP) is 5.40. The Labute approximate surface area is 152 Å². The first-order chi connectivity index (χ1) is 12.0. The third-order valence-electron chi connectivity index (χ3n) is 3.21. The number of thiazole rings is 1. The summed E-state index contributed by atoms with van der Waals surface area (Å²) in [5.74, 6) is 0.162. The number of urea groups is 1. The summed E-state index contributed by atoms with van der Waals surface area (Å²) in [6.07, 6.45) is 1.50. The number of hydrogen-bond donors (Lipinski definition) is 1. The van der Waals surface area contributed by atoms with Crippen LogP contribution in [0.3, 0.4) is 0 Å². The van der Waals surface area contributed by atoms with Crippen LogP contribution in [0.5, 0.6) is 10.8 Å². The van der Waals surface area contributed by atoms with Crippen LogP contribution in [0.15, 0.2) is 54.7 Å². The van der Waals surface area contributed by atoms with Crippen molar-refractivity contribution in [1.82, 2.24) is 4.98 Å². The molecule has 1 heterocycles. The SMILES string of the molecule is CN(C(=O)Nc1ncc(Oc2cccc(Cl)c2)s1)c1cccc(F)c1. The molecule has 0 fully saturated rings. The van der Waals surface area contributed by atoms with Crippen molar-refractivity contribution < 1.29 is 13.9 Å². The zero-order valence-corrected chi connectivity index (χ0v) is 14.6. The van der Waals surface area contributed by atoms with E-state index in [0.717, 1.165) is 0 Å². The number of aromatic nitrogens is 1. The summed E-state index contributed by atoms with van der Waals surface area (Å²) in [4.78, 5) is 17.6. The number of nitrogens with zero attached hydrogens (tertiary/aromatic N) is 2. The van der Waals surface area contributed by atoms with Crippen molar-refractivity contribution in [3.05, 3.63) is 65.6 Å². The van der Waals surface area contributed by atoms with Crippen LogP contribution in [0, 0.1) is 5.82 Å². The molecule has 3 aromatic rings. The Morgan fingerprint density at radius 3 is 2.84 bits per heavy atom. The van der Waals surface area contributed by atoms with Crippen LogP contribution in [-0.2, 0) is 0 Å². The Bertz CT molecular complexity index is 903. The fraction of sp³-hybridized carbons (Fsp3) is 0.0588. The monoisotopic (exact) mass is 377 g/mol. The molecule has 0 atom stereocenters. The summed E-state index contributed by atoms with van der Waals surface area (Å²) < 4.78 is 18.9. The molecule has 1 aromatic heterocycles. The van der Waals surface area contributed by atoms with Crippen LogP contribution < -0.4 is 15.0 Å². The number of nitrogens with one attached hydrogen (secondary N) is 1. The topological polar surface area (TPSA) is 54.5 Å². The highest BCUT2D eigenvalue weighted by Gasteiger charge is 2.14. The van der Waals surface area contributed by atoms with E-state index in [0.29, 0.717) is 26.7 Å². The lowest BCUT2D eigenvalue weighted by atomic mass is 10.3. The van der Waals surface area contributed by atoms with Crippen molar-refractivity contribution in [2.24, 2.45) is 0 Å². The van der Waals surface area contributed by atoms with Crippen LogP contribution in [0.2, 0.25) is 5.02 Å². The summed E-state index contributed by atoms with van der Waals surface area (Å²) >= 11 is 7.08. The Hall–Kier alpha value is -2.64. The standard InChI is InChI=1S/C17H13ClFN3O2S/c1-22(13-6-3-5-12(19)9-13)17(23)21-16-20-10-15(25-16)24-14-7-2-4-11(18)8-14/h2-10H,1H3,(H,20,21,23). The minimum atomic E-state index is -0.436. The fourth-order valence-electron chi connectivity index (χ4n) is 1.99. The maximum atomic E-state index is 13.3. The van der Waals surface area contributed by atoms with Gasteiger partial charge in [-0.25, -0.2) is 14.2 Å². The molecule has 25 heavy (non-hydrogen) atoms. The lowest BCUT2D eigenvalue weighted by Gasteiger charge is -2.16. The predicted molar refractivity (Wildman–Crippen MR) is 97.5 cm³/mol. The van der Waals surface area contributed by atoms with Gasteiger partial charge in [-0.15, -0.1) is 0 Å². The van der Waals surface area contributed by atoms with E-state index >= 15 is 0 Å². The summed E-state index contributed by atoms with van der Waals surface area (Å²) in [6, 6.07) is 12.3. The number of amides is 2. The van der Waals surface area contributed by atoms with Crippen LogP contribution in [0.4, 0.5) is 20.0 Å². The molecule has 0 saturated heterocycles. The van der Waals surface area contributed by atoms with E-state index in [2.05, 4.69) is 10.3 Å². The molecule has 0 unspecified atom stereocenters. The molecular formula is C17H13ClFN3O2S. The van der Waals surface area contributed by atoms with Gasteiger partial charge in [0.25, 0.3) is 0 Å². The summed E-state index contributed by atoms with van der Waals surface area (Å²) in [5.41, 5.74) is 0.435. The van der Waals surface area contributed by atoms with Gasteiger partial charge in [-0.2, -0.15) is 0 Å².